The highest BCUT2D eigenvalue weighted by Crippen LogP contribution is 2.31. The Balaban J connectivity index is 2.30. The van der Waals surface area contributed by atoms with Gasteiger partial charge in [0.25, 0.3) is 5.69 Å². The summed E-state index contributed by atoms with van der Waals surface area (Å²) in [4.78, 5) is 9.93. The Morgan fingerprint density at radius 2 is 2.00 bits per heavy atom. The third-order valence-electron chi connectivity index (χ3n) is 3.30. The van der Waals surface area contributed by atoms with Gasteiger partial charge in [-0.15, -0.1) is 0 Å². The van der Waals surface area contributed by atoms with Crippen molar-refractivity contribution in [2.75, 3.05) is 13.1 Å². The summed E-state index contributed by atoms with van der Waals surface area (Å²) < 4.78 is 25.8. The Morgan fingerprint density at radius 3 is 2.53 bits per heavy atom. The molecule has 2 N–H and O–H groups in total. The molecule has 1 atom stereocenters. The lowest BCUT2D eigenvalue weighted by molar-refractivity contribution is -0.387. The van der Waals surface area contributed by atoms with Gasteiger partial charge in [-0.25, -0.2) is 8.42 Å². The van der Waals surface area contributed by atoms with E-state index in [-0.39, 0.29) is 16.9 Å². The van der Waals surface area contributed by atoms with E-state index in [0.29, 0.717) is 13.1 Å². The van der Waals surface area contributed by atoms with Crippen LogP contribution in [0.25, 0.3) is 0 Å². The van der Waals surface area contributed by atoms with Crippen LogP contribution in [-0.4, -0.2) is 36.8 Å². The Morgan fingerprint density at radius 1 is 1.42 bits per heavy atom. The number of para-hydroxylation sites is 1. The van der Waals surface area contributed by atoms with Crippen molar-refractivity contribution in [3.63, 3.8) is 0 Å². The van der Waals surface area contributed by atoms with Gasteiger partial charge >= 0.3 is 0 Å². The smallest absolute Gasteiger partial charge is 0.289 e. The fourth-order valence-electron chi connectivity index (χ4n) is 1.96. The summed E-state index contributed by atoms with van der Waals surface area (Å²) in [5, 5.41) is 10.9. The largest absolute Gasteiger partial charge is 0.328 e. The molecule has 7 nitrogen and oxygen atoms in total. The van der Waals surface area contributed by atoms with Crippen LogP contribution in [0.3, 0.4) is 0 Å². The molecule has 1 aromatic rings. The fraction of sp³-hybridized carbons (Fsp3) is 0.455. The lowest BCUT2D eigenvalue weighted by atomic mass is 9.96. The Bertz CT molecular complexity index is 594. The lowest BCUT2D eigenvalue weighted by Crippen LogP contribution is -2.55. The maximum Gasteiger partial charge on any atom is 0.289 e. The van der Waals surface area contributed by atoms with Gasteiger partial charge in [0.2, 0.25) is 10.0 Å². The maximum absolute atomic E-state index is 12.3. The Hall–Kier alpha value is -1.51. The van der Waals surface area contributed by atoms with Crippen molar-refractivity contribution < 1.29 is 13.3 Å². The van der Waals surface area contributed by atoms with Gasteiger partial charge in [-0.3, -0.25) is 10.1 Å². The van der Waals surface area contributed by atoms with Crippen LogP contribution in [-0.2, 0) is 10.0 Å². The van der Waals surface area contributed by atoms with Gasteiger partial charge in [-0.2, -0.15) is 4.31 Å². The highest BCUT2D eigenvalue weighted by Gasteiger charge is 2.40. The quantitative estimate of drug-likeness (QED) is 0.642. The molecular weight excluding hydrogens is 270 g/mol. The molecule has 0 bridgehead atoms. The van der Waals surface area contributed by atoms with Gasteiger partial charge in [-0.1, -0.05) is 12.1 Å². The second kappa shape index (κ2) is 4.87. The number of hydrogen-bond donors (Lipinski definition) is 1. The lowest BCUT2D eigenvalue weighted by Gasteiger charge is -2.39. The van der Waals surface area contributed by atoms with Crippen molar-refractivity contribution in [2.45, 2.75) is 17.9 Å². The average molecular weight is 285 g/mol. The molecule has 1 aliphatic heterocycles. The molecule has 0 saturated carbocycles. The minimum atomic E-state index is -3.81. The van der Waals surface area contributed by atoms with E-state index >= 15 is 0 Å². The molecule has 1 unspecified atom stereocenters. The summed E-state index contributed by atoms with van der Waals surface area (Å²) in [6.45, 7) is 2.44. The third kappa shape index (κ3) is 2.46. The molecule has 104 valence electrons. The number of hydrogen-bond acceptors (Lipinski definition) is 5. The normalized spacial score (nSPS) is 18.8. The molecule has 19 heavy (non-hydrogen) atoms. The van der Waals surface area contributed by atoms with Gasteiger partial charge in [0.1, 0.15) is 0 Å². The van der Waals surface area contributed by atoms with Crippen molar-refractivity contribution in [1.82, 2.24) is 4.31 Å². The predicted molar refractivity (Wildman–Crippen MR) is 69.0 cm³/mol. The SMILES string of the molecule is CC(N)C1CN(S(=O)(=O)c2ccccc2[N+](=O)[O-])C1. The van der Waals surface area contributed by atoms with Crippen LogP contribution in [0, 0.1) is 16.0 Å². The van der Waals surface area contributed by atoms with Crippen LogP contribution < -0.4 is 5.73 Å². The van der Waals surface area contributed by atoms with Crippen molar-refractivity contribution in [1.29, 1.82) is 0 Å². The van der Waals surface area contributed by atoms with Crippen molar-refractivity contribution in [2.24, 2.45) is 11.7 Å². The van der Waals surface area contributed by atoms with Crippen LogP contribution in [0.2, 0.25) is 0 Å². The van der Waals surface area contributed by atoms with E-state index in [4.69, 9.17) is 5.73 Å². The van der Waals surface area contributed by atoms with Crippen molar-refractivity contribution >= 4 is 15.7 Å². The maximum atomic E-state index is 12.3. The number of nitro benzene ring substituents is 1. The standard InChI is InChI=1S/C11H15N3O4S/c1-8(12)9-6-13(7-9)19(17,18)11-5-3-2-4-10(11)14(15)16/h2-5,8-9H,6-7,12H2,1H3. The fourth-order valence-corrected chi connectivity index (χ4v) is 3.67. The molecule has 1 heterocycles. The van der Waals surface area contributed by atoms with Crippen LogP contribution in [0.4, 0.5) is 5.69 Å². The summed E-state index contributed by atoms with van der Waals surface area (Å²) in [6, 6.07) is 5.28. The van der Waals surface area contributed by atoms with Gasteiger partial charge in [0.05, 0.1) is 4.92 Å². The Kier molecular flexibility index (Phi) is 3.57. The molecule has 2 rings (SSSR count). The molecule has 1 aliphatic rings. The minimum Gasteiger partial charge on any atom is -0.328 e. The van der Waals surface area contributed by atoms with Crippen LogP contribution in [0.5, 0.6) is 0 Å². The summed E-state index contributed by atoms with van der Waals surface area (Å²) in [6.07, 6.45) is 0. The molecule has 0 spiro atoms. The zero-order chi connectivity index (χ0) is 14.2. The van der Waals surface area contributed by atoms with Crippen molar-refractivity contribution in [3.8, 4) is 0 Å². The molecule has 1 fully saturated rings. The first kappa shape index (κ1) is 13.9. The molecule has 1 aromatic carbocycles. The summed E-state index contributed by atoms with van der Waals surface area (Å²) in [5.41, 5.74) is 5.29. The topological polar surface area (TPSA) is 107 Å². The molecule has 1 saturated heterocycles. The van der Waals surface area contributed by atoms with E-state index in [1.807, 2.05) is 6.92 Å². The summed E-state index contributed by atoms with van der Waals surface area (Å²) >= 11 is 0. The zero-order valence-corrected chi connectivity index (χ0v) is 11.2. The van der Waals surface area contributed by atoms with Crippen LogP contribution in [0.15, 0.2) is 29.2 Å². The van der Waals surface area contributed by atoms with Crippen LogP contribution in [0.1, 0.15) is 6.92 Å². The van der Waals surface area contributed by atoms with E-state index < -0.39 is 20.6 Å². The van der Waals surface area contributed by atoms with E-state index in [0.717, 1.165) is 0 Å². The molecular formula is C11H15N3O4S. The number of nitro groups is 1. The monoisotopic (exact) mass is 285 g/mol. The number of nitrogens with two attached hydrogens (primary N) is 1. The summed E-state index contributed by atoms with van der Waals surface area (Å²) in [5.74, 6) is 0.109. The third-order valence-corrected chi connectivity index (χ3v) is 5.18. The van der Waals surface area contributed by atoms with Gasteiger partial charge in [0.15, 0.2) is 4.90 Å². The number of nitrogens with zero attached hydrogens (tertiary/aromatic N) is 2. The number of benzene rings is 1. The number of rotatable bonds is 4. The molecule has 0 aromatic heterocycles. The van der Waals surface area contributed by atoms with E-state index in [1.165, 1.54) is 28.6 Å². The predicted octanol–water partition coefficient (Wildman–Crippen LogP) is 0.562. The van der Waals surface area contributed by atoms with Crippen molar-refractivity contribution in [3.05, 3.63) is 34.4 Å². The summed E-state index contributed by atoms with van der Waals surface area (Å²) in [7, 11) is -3.81. The van der Waals surface area contributed by atoms with E-state index in [1.54, 1.807) is 0 Å². The van der Waals surface area contributed by atoms with Crippen LogP contribution >= 0.6 is 0 Å². The van der Waals surface area contributed by atoms with E-state index in [2.05, 4.69) is 0 Å². The van der Waals surface area contributed by atoms with Gasteiger partial charge in [-0.05, 0) is 13.0 Å². The highest BCUT2D eigenvalue weighted by atomic mass is 32.2. The Labute approximate surface area is 111 Å². The first-order valence-electron chi connectivity index (χ1n) is 5.83. The molecule has 8 heteroatoms. The van der Waals surface area contributed by atoms with E-state index in [9.17, 15) is 18.5 Å². The zero-order valence-electron chi connectivity index (χ0n) is 10.4. The molecule has 0 radical (unpaired) electrons. The first-order valence-corrected chi connectivity index (χ1v) is 7.27. The van der Waals surface area contributed by atoms with Gasteiger partial charge < -0.3 is 5.73 Å². The highest BCUT2D eigenvalue weighted by molar-refractivity contribution is 7.89. The second-order valence-electron chi connectivity index (χ2n) is 4.67. The molecule has 0 aliphatic carbocycles. The average Bonchev–Trinajstić information content (AvgIpc) is 2.25. The second-order valence-corrected chi connectivity index (χ2v) is 6.57. The van der Waals surface area contributed by atoms with Gasteiger partial charge in [0, 0.05) is 31.1 Å². The number of sulfonamides is 1. The minimum absolute atomic E-state index is 0.0859. The first-order chi connectivity index (χ1) is 8.84. The molecule has 0 amide bonds.